The Labute approximate surface area is 204 Å². The number of piperidine rings is 1. The van der Waals surface area contributed by atoms with Crippen LogP contribution in [-0.4, -0.2) is 59.6 Å². The summed E-state index contributed by atoms with van der Waals surface area (Å²) >= 11 is 3.03. The topological polar surface area (TPSA) is 75.7 Å². The molecule has 0 saturated carbocycles. The lowest BCUT2D eigenvalue weighted by molar-refractivity contribution is -0.141. The molecule has 2 aromatic rings. The van der Waals surface area contributed by atoms with E-state index >= 15 is 0 Å². The lowest BCUT2D eigenvalue weighted by Gasteiger charge is -2.37. The maximum atomic E-state index is 13.4. The molecule has 0 radical (unpaired) electrons. The summed E-state index contributed by atoms with van der Waals surface area (Å²) in [5.41, 5.74) is 1.71. The van der Waals surface area contributed by atoms with Crippen LogP contribution >= 0.6 is 36.6 Å². The van der Waals surface area contributed by atoms with Gasteiger partial charge >= 0.3 is 0 Å². The van der Waals surface area contributed by atoms with Crippen LogP contribution in [-0.2, 0) is 20.1 Å². The Morgan fingerprint density at radius 1 is 1.25 bits per heavy atom. The molecule has 4 rings (SSSR count). The number of likely N-dealkylation sites (tertiary alicyclic amines) is 1. The highest BCUT2D eigenvalue weighted by Crippen LogP contribution is 2.27. The zero-order valence-electron chi connectivity index (χ0n) is 17.0. The standard InChI is InChI=1S/C22H24N2O4S2.CH4.H2S/c25-18-11-28-19-7-4-9-24(20(18)19)22(27)17(23-21(26)16-8-10-29-13-16)14-30-12-15-5-2-1-3-6-15;;/h1-3,5-6,8,10,13,17,19-20H,4,7,9,11-12,14H2,(H,23,26);1H4;1H2/t17-,19+,20+;;/m0../s1. The molecule has 1 aromatic heterocycles. The number of hydrogen-bond donors (Lipinski definition) is 1. The van der Waals surface area contributed by atoms with Gasteiger partial charge in [0.05, 0.1) is 11.7 Å². The average molecular weight is 495 g/mol. The van der Waals surface area contributed by atoms with Crippen molar-refractivity contribution < 1.29 is 19.1 Å². The Bertz CT molecular complexity index is 892. The Balaban J connectivity index is 0.00000181. The van der Waals surface area contributed by atoms with Crippen molar-refractivity contribution in [1.29, 1.82) is 0 Å². The number of Topliss-reactive ketones (excluding diaryl/α,β-unsaturated/α-hetero) is 1. The second-order valence-corrected chi connectivity index (χ2v) is 9.28. The van der Waals surface area contributed by atoms with Gasteiger partial charge in [-0.2, -0.15) is 36.6 Å². The van der Waals surface area contributed by atoms with Gasteiger partial charge in [0.1, 0.15) is 18.7 Å². The van der Waals surface area contributed by atoms with Crippen molar-refractivity contribution in [3.05, 3.63) is 58.3 Å². The molecule has 0 aliphatic carbocycles. The van der Waals surface area contributed by atoms with E-state index in [1.165, 1.54) is 11.3 Å². The van der Waals surface area contributed by atoms with Crippen LogP contribution in [0.15, 0.2) is 47.2 Å². The number of rotatable bonds is 7. The second kappa shape index (κ2) is 12.4. The van der Waals surface area contributed by atoms with E-state index in [0.717, 1.165) is 24.2 Å². The van der Waals surface area contributed by atoms with E-state index in [1.54, 1.807) is 28.1 Å². The smallest absolute Gasteiger partial charge is 0.252 e. The number of thioether (sulfide) groups is 1. The molecule has 174 valence electrons. The van der Waals surface area contributed by atoms with Crippen molar-refractivity contribution in [2.45, 2.75) is 44.2 Å². The van der Waals surface area contributed by atoms with Crippen LogP contribution in [0.3, 0.4) is 0 Å². The van der Waals surface area contributed by atoms with Gasteiger partial charge in [0.25, 0.3) is 5.91 Å². The van der Waals surface area contributed by atoms with Crippen molar-refractivity contribution in [3.8, 4) is 0 Å². The number of ether oxygens (including phenoxy) is 1. The summed E-state index contributed by atoms with van der Waals surface area (Å²) in [5, 5.41) is 6.50. The van der Waals surface area contributed by atoms with E-state index in [4.69, 9.17) is 4.74 Å². The molecule has 6 nitrogen and oxygen atoms in total. The Morgan fingerprint density at radius 3 is 2.75 bits per heavy atom. The number of nitrogens with one attached hydrogen (secondary N) is 1. The lowest BCUT2D eigenvalue weighted by Crippen LogP contribution is -2.58. The van der Waals surface area contributed by atoms with Crippen LogP contribution in [0, 0.1) is 0 Å². The summed E-state index contributed by atoms with van der Waals surface area (Å²) in [6.07, 6.45) is 1.36. The van der Waals surface area contributed by atoms with Gasteiger partial charge in [0.15, 0.2) is 5.78 Å². The van der Waals surface area contributed by atoms with Crippen molar-refractivity contribution >= 4 is 54.2 Å². The summed E-state index contributed by atoms with van der Waals surface area (Å²) in [6.45, 7) is 0.580. The van der Waals surface area contributed by atoms with E-state index in [2.05, 4.69) is 5.32 Å². The predicted molar refractivity (Wildman–Crippen MR) is 135 cm³/mol. The first-order valence-corrected chi connectivity index (χ1v) is 12.1. The number of amides is 2. The summed E-state index contributed by atoms with van der Waals surface area (Å²) in [5.74, 6) is 0.664. The minimum absolute atomic E-state index is 0. The van der Waals surface area contributed by atoms with Crippen LogP contribution < -0.4 is 5.32 Å². The van der Waals surface area contributed by atoms with E-state index in [-0.39, 0.29) is 51.2 Å². The highest BCUT2D eigenvalue weighted by Gasteiger charge is 2.45. The van der Waals surface area contributed by atoms with E-state index < -0.39 is 12.1 Å². The van der Waals surface area contributed by atoms with Crippen LogP contribution in [0.25, 0.3) is 0 Å². The third-order valence-electron chi connectivity index (χ3n) is 5.41. The first-order valence-electron chi connectivity index (χ1n) is 10.0. The zero-order valence-corrected chi connectivity index (χ0v) is 19.6. The fourth-order valence-electron chi connectivity index (χ4n) is 3.92. The number of carbonyl (C=O) groups excluding carboxylic acids is 3. The third-order valence-corrected chi connectivity index (χ3v) is 7.20. The highest BCUT2D eigenvalue weighted by atomic mass is 32.2. The lowest BCUT2D eigenvalue weighted by atomic mass is 9.97. The summed E-state index contributed by atoms with van der Waals surface area (Å²) < 4.78 is 5.57. The molecular formula is C23H30N2O4S3. The van der Waals surface area contributed by atoms with Crippen LogP contribution in [0.5, 0.6) is 0 Å². The number of hydrogen-bond acceptors (Lipinski definition) is 6. The molecule has 3 heterocycles. The number of ketones is 1. The first-order chi connectivity index (χ1) is 14.6. The van der Waals surface area contributed by atoms with Crippen molar-refractivity contribution in [3.63, 3.8) is 0 Å². The van der Waals surface area contributed by atoms with Gasteiger partial charge in [0, 0.05) is 23.4 Å². The largest absolute Gasteiger partial charge is 0.368 e. The molecule has 2 amide bonds. The van der Waals surface area contributed by atoms with Crippen molar-refractivity contribution in [1.82, 2.24) is 10.2 Å². The Kier molecular flexibility index (Phi) is 10.3. The van der Waals surface area contributed by atoms with Gasteiger partial charge < -0.3 is 15.0 Å². The first kappa shape index (κ1) is 26.4. The summed E-state index contributed by atoms with van der Waals surface area (Å²) in [7, 11) is 0. The number of carbonyl (C=O) groups is 3. The molecule has 2 aliphatic rings. The summed E-state index contributed by atoms with van der Waals surface area (Å²) in [4.78, 5) is 40.1. The molecule has 32 heavy (non-hydrogen) atoms. The van der Waals surface area contributed by atoms with Crippen molar-refractivity contribution in [2.24, 2.45) is 0 Å². The molecule has 2 saturated heterocycles. The molecule has 2 aliphatic heterocycles. The quantitative estimate of drug-likeness (QED) is 0.638. The minimum Gasteiger partial charge on any atom is -0.368 e. The molecule has 2 fully saturated rings. The van der Waals surface area contributed by atoms with Gasteiger partial charge in [-0.1, -0.05) is 37.8 Å². The van der Waals surface area contributed by atoms with Gasteiger partial charge in [0.2, 0.25) is 5.91 Å². The number of thiophene rings is 1. The fraction of sp³-hybridized carbons (Fsp3) is 0.435. The molecule has 3 atom stereocenters. The SMILES string of the molecule is C.O=C(N[C@@H](CSCc1ccccc1)C(=O)N1CCC[C@H]2OCC(=O)[C@H]21)c1ccsc1.S. The van der Waals surface area contributed by atoms with Crippen LogP contribution in [0.2, 0.25) is 0 Å². The Morgan fingerprint density at radius 2 is 2.03 bits per heavy atom. The predicted octanol–water partition coefficient (Wildman–Crippen LogP) is 3.49. The van der Waals surface area contributed by atoms with Gasteiger partial charge in [-0.05, 0) is 29.9 Å². The van der Waals surface area contributed by atoms with Crippen LogP contribution in [0.1, 0.15) is 36.2 Å². The molecule has 9 heteroatoms. The van der Waals surface area contributed by atoms with E-state index in [1.807, 2.05) is 35.7 Å². The molecular weight excluding hydrogens is 464 g/mol. The summed E-state index contributed by atoms with van der Waals surface area (Å²) in [6, 6.07) is 10.5. The van der Waals surface area contributed by atoms with Gasteiger partial charge in [-0.25, -0.2) is 0 Å². The number of fused-ring (bicyclic) bond motifs is 1. The van der Waals surface area contributed by atoms with E-state index in [0.29, 0.717) is 17.9 Å². The monoisotopic (exact) mass is 494 g/mol. The molecule has 1 aromatic carbocycles. The maximum absolute atomic E-state index is 13.4. The third kappa shape index (κ3) is 6.15. The zero-order chi connectivity index (χ0) is 20.9. The van der Waals surface area contributed by atoms with Crippen molar-refractivity contribution in [2.75, 3.05) is 18.9 Å². The highest BCUT2D eigenvalue weighted by molar-refractivity contribution is 7.98. The second-order valence-electron chi connectivity index (χ2n) is 7.47. The maximum Gasteiger partial charge on any atom is 0.252 e. The molecule has 0 bridgehead atoms. The van der Waals surface area contributed by atoms with E-state index in [9.17, 15) is 14.4 Å². The minimum atomic E-state index is -0.696. The Hall–Kier alpha value is -1.81. The number of benzene rings is 1. The van der Waals surface area contributed by atoms with Crippen LogP contribution in [0.4, 0.5) is 0 Å². The molecule has 0 spiro atoms. The number of nitrogens with zero attached hydrogens (tertiary/aromatic N) is 1. The molecule has 0 unspecified atom stereocenters. The normalized spacial score (nSPS) is 20.5. The van der Waals surface area contributed by atoms with Gasteiger partial charge in [-0.15, -0.1) is 0 Å². The fourth-order valence-corrected chi connectivity index (χ4v) is 5.56. The molecule has 1 N–H and O–H groups in total. The van der Waals surface area contributed by atoms with Gasteiger partial charge in [-0.3, -0.25) is 14.4 Å². The average Bonchev–Trinajstić information content (AvgIpc) is 3.44.